The van der Waals surface area contributed by atoms with E-state index >= 15 is 0 Å². The molecule has 5 rings (SSSR count). The van der Waals surface area contributed by atoms with Crippen LogP contribution in [0.15, 0.2) is 48.8 Å². The van der Waals surface area contributed by atoms with E-state index in [-0.39, 0.29) is 0 Å². The van der Waals surface area contributed by atoms with Crippen LogP contribution in [0, 0.1) is 5.82 Å². The van der Waals surface area contributed by atoms with Gasteiger partial charge < -0.3 is 15.6 Å². The Hall–Kier alpha value is -3.03. The van der Waals surface area contributed by atoms with Gasteiger partial charge in [-0.3, -0.25) is 0 Å². The fourth-order valence-electron chi connectivity index (χ4n) is 3.74. The number of aromatic nitrogens is 4. The zero-order valence-electron chi connectivity index (χ0n) is 16.1. The molecule has 30 heavy (non-hydrogen) atoms. The van der Waals surface area contributed by atoms with E-state index in [1.807, 2.05) is 24.4 Å². The van der Waals surface area contributed by atoms with Crippen LogP contribution >= 0.6 is 11.6 Å². The van der Waals surface area contributed by atoms with Crippen LogP contribution in [0.1, 0.15) is 12.8 Å². The number of aromatic amines is 1. The largest absolute Gasteiger partial charge is 0.357 e. The monoisotopic (exact) mass is 422 g/mol. The summed E-state index contributed by atoms with van der Waals surface area (Å²) in [6.45, 7) is 1.86. The summed E-state index contributed by atoms with van der Waals surface area (Å²) in [6.07, 6.45) is 5.57. The molecule has 152 valence electrons. The van der Waals surface area contributed by atoms with Crippen LogP contribution in [0.25, 0.3) is 33.7 Å². The molecule has 0 amide bonds. The number of nitrogens with one attached hydrogen (secondary N) is 1. The number of piperidine rings is 1. The molecule has 0 radical (unpaired) electrons. The van der Waals surface area contributed by atoms with Crippen LogP contribution in [-0.2, 0) is 0 Å². The van der Waals surface area contributed by atoms with Crippen molar-refractivity contribution in [2.24, 2.45) is 5.73 Å². The number of fused-ring (bicyclic) bond motifs is 1. The highest BCUT2D eigenvalue weighted by atomic mass is 35.5. The van der Waals surface area contributed by atoms with Crippen molar-refractivity contribution in [2.45, 2.75) is 18.9 Å². The Labute approximate surface area is 177 Å². The molecule has 0 aliphatic carbocycles. The van der Waals surface area contributed by atoms with Crippen LogP contribution < -0.4 is 10.6 Å². The summed E-state index contributed by atoms with van der Waals surface area (Å²) >= 11 is 5.84. The molecule has 4 heterocycles. The molecular weight excluding hydrogens is 403 g/mol. The molecule has 0 bridgehead atoms. The first-order valence-corrected chi connectivity index (χ1v) is 10.2. The van der Waals surface area contributed by atoms with Gasteiger partial charge in [-0.05, 0) is 49.2 Å². The van der Waals surface area contributed by atoms with Gasteiger partial charge in [-0.2, -0.15) is 0 Å². The molecule has 8 heteroatoms. The maximum absolute atomic E-state index is 14.2. The zero-order chi connectivity index (χ0) is 20.7. The van der Waals surface area contributed by atoms with Crippen molar-refractivity contribution in [3.8, 4) is 22.5 Å². The highest BCUT2D eigenvalue weighted by molar-refractivity contribution is 6.30. The number of rotatable bonds is 3. The molecule has 0 spiro atoms. The number of H-pyrrole nitrogens is 1. The van der Waals surface area contributed by atoms with Crippen molar-refractivity contribution >= 4 is 28.6 Å². The lowest BCUT2D eigenvalue weighted by atomic mass is 10.1. The van der Waals surface area contributed by atoms with Crippen LogP contribution in [0.4, 0.5) is 10.2 Å². The second-order valence-corrected chi connectivity index (χ2v) is 7.97. The van der Waals surface area contributed by atoms with Gasteiger partial charge in [-0.15, -0.1) is 0 Å². The summed E-state index contributed by atoms with van der Waals surface area (Å²) in [7, 11) is 0. The first-order valence-electron chi connectivity index (χ1n) is 9.85. The van der Waals surface area contributed by atoms with Crippen LogP contribution in [0.5, 0.6) is 0 Å². The molecule has 0 atom stereocenters. The lowest BCUT2D eigenvalue weighted by Crippen LogP contribution is -2.40. The third-order valence-electron chi connectivity index (χ3n) is 5.47. The number of imidazole rings is 1. The first kappa shape index (κ1) is 19.0. The number of nitrogens with zero attached hydrogens (tertiary/aromatic N) is 4. The van der Waals surface area contributed by atoms with Crippen LogP contribution in [0.3, 0.4) is 0 Å². The first-order chi connectivity index (χ1) is 14.6. The predicted molar refractivity (Wildman–Crippen MR) is 117 cm³/mol. The highest BCUT2D eigenvalue weighted by Gasteiger charge is 2.17. The molecule has 1 aliphatic rings. The standard InChI is InChI=1S/C22H20ClFN6/c23-15-2-3-17(18(24)10-15)21-28-19-9-14(12-27-22(19)29-21)13-1-4-20(26-11-13)30-7-5-16(25)6-8-30/h1-4,9-12,16H,5-8,25H2,(H,27,28,29). The van der Waals surface area contributed by atoms with E-state index in [2.05, 4.69) is 24.8 Å². The average molecular weight is 423 g/mol. The molecule has 6 nitrogen and oxygen atoms in total. The number of hydrogen-bond donors (Lipinski definition) is 2. The summed E-state index contributed by atoms with van der Waals surface area (Å²) in [5.74, 6) is 0.947. The van der Waals surface area contributed by atoms with E-state index < -0.39 is 5.82 Å². The van der Waals surface area contributed by atoms with Gasteiger partial charge in [-0.25, -0.2) is 19.3 Å². The van der Waals surface area contributed by atoms with Crippen molar-refractivity contribution in [2.75, 3.05) is 18.0 Å². The van der Waals surface area contributed by atoms with Gasteiger partial charge in [0.15, 0.2) is 5.65 Å². The van der Waals surface area contributed by atoms with E-state index in [4.69, 9.17) is 17.3 Å². The minimum atomic E-state index is -0.430. The summed E-state index contributed by atoms with van der Waals surface area (Å²) in [4.78, 5) is 18.9. The Kier molecular flexibility index (Phi) is 4.84. The summed E-state index contributed by atoms with van der Waals surface area (Å²) < 4.78 is 14.2. The quantitative estimate of drug-likeness (QED) is 0.511. The number of hydrogen-bond acceptors (Lipinski definition) is 5. The summed E-state index contributed by atoms with van der Waals surface area (Å²) in [6, 6.07) is 10.8. The molecule has 3 N–H and O–H groups in total. The maximum atomic E-state index is 14.2. The molecular formula is C22H20ClFN6. The second-order valence-electron chi connectivity index (χ2n) is 7.53. The number of benzene rings is 1. The molecule has 4 aromatic rings. The zero-order valence-corrected chi connectivity index (χ0v) is 16.9. The van der Waals surface area contributed by atoms with Crippen molar-refractivity contribution < 1.29 is 4.39 Å². The number of nitrogens with two attached hydrogens (primary N) is 1. The molecule has 1 fully saturated rings. The fourth-order valence-corrected chi connectivity index (χ4v) is 3.90. The van der Waals surface area contributed by atoms with Gasteiger partial charge in [-0.1, -0.05) is 11.6 Å². The lowest BCUT2D eigenvalue weighted by molar-refractivity contribution is 0.498. The van der Waals surface area contributed by atoms with Crippen molar-refractivity contribution in [1.29, 1.82) is 0 Å². The topological polar surface area (TPSA) is 83.7 Å². The predicted octanol–water partition coefficient (Wildman–Crippen LogP) is 4.41. The normalized spacial score (nSPS) is 15.1. The third-order valence-corrected chi connectivity index (χ3v) is 5.70. The second kappa shape index (κ2) is 7.66. The van der Waals surface area contributed by atoms with E-state index in [1.54, 1.807) is 18.3 Å². The maximum Gasteiger partial charge on any atom is 0.178 e. The SMILES string of the molecule is NC1CCN(c2ccc(-c3cnc4nc(-c5ccc(Cl)cc5F)[nH]c4c3)cn2)CC1. The van der Waals surface area contributed by atoms with Gasteiger partial charge in [0.05, 0.1) is 11.1 Å². The Balaban J connectivity index is 1.42. The smallest absolute Gasteiger partial charge is 0.178 e. The van der Waals surface area contributed by atoms with Gasteiger partial charge in [0.25, 0.3) is 0 Å². The Morgan fingerprint density at radius 2 is 1.83 bits per heavy atom. The van der Waals surface area contributed by atoms with Crippen molar-refractivity contribution in [3.63, 3.8) is 0 Å². The number of pyridine rings is 2. The van der Waals surface area contributed by atoms with Gasteiger partial charge in [0.2, 0.25) is 0 Å². The van der Waals surface area contributed by atoms with E-state index in [1.165, 1.54) is 6.07 Å². The van der Waals surface area contributed by atoms with Gasteiger partial charge >= 0.3 is 0 Å². The van der Waals surface area contributed by atoms with E-state index in [0.717, 1.165) is 48.4 Å². The Morgan fingerprint density at radius 3 is 2.57 bits per heavy atom. The minimum absolute atomic E-state index is 0.291. The lowest BCUT2D eigenvalue weighted by Gasteiger charge is -2.31. The molecule has 1 aliphatic heterocycles. The van der Waals surface area contributed by atoms with Gasteiger partial charge in [0.1, 0.15) is 17.5 Å². The van der Waals surface area contributed by atoms with Crippen molar-refractivity contribution in [3.05, 3.63) is 59.6 Å². The average Bonchev–Trinajstić information content (AvgIpc) is 3.17. The molecule has 1 saturated heterocycles. The van der Waals surface area contributed by atoms with Gasteiger partial charge in [0, 0.05) is 47.7 Å². The molecule has 0 unspecified atom stereocenters. The van der Waals surface area contributed by atoms with Crippen LogP contribution in [-0.4, -0.2) is 39.1 Å². The fraction of sp³-hybridized carbons (Fsp3) is 0.227. The van der Waals surface area contributed by atoms with E-state index in [0.29, 0.717) is 28.1 Å². The summed E-state index contributed by atoms with van der Waals surface area (Å²) in [5, 5.41) is 0.344. The Morgan fingerprint density at radius 1 is 1.03 bits per heavy atom. The van der Waals surface area contributed by atoms with E-state index in [9.17, 15) is 4.39 Å². The molecule has 1 aromatic carbocycles. The Bertz CT molecular complexity index is 1200. The van der Waals surface area contributed by atoms with Crippen molar-refractivity contribution in [1.82, 2.24) is 19.9 Å². The summed E-state index contributed by atoms with van der Waals surface area (Å²) in [5.41, 5.74) is 9.46. The molecule has 3 aromatic heterocycles. The minimum Gasteiger partial charge on any atom is -0.357 e. The van der Waals surface area contributed by atoms with Crippen LogP contribution in [0.2, 0.25) is 5.02 Å². The number of halogens is 2. The number of anilines is 1. The highest BCUT2D eigenvalue weighted by Crippen LogP contribution is 2.28. The molecule has 0 saturated carbocycles. The third kappa shape index (κ3) is 3.62.